The molecule has 0 N–H and O–H groups in total. The van der Waals surface area contributed by atoms with E-state index < -0.39 is 5.92 Å². The van der Waals surface area contributed by atoms with E-state index in [9.17, 15) is 8.78 Å². The maximum Gasteiger partial charge on any atom is 0.248 e. The van der Waals surface area contributed by atoms with Gasteiger partial charge in [-0.05, 0) is 35.4 Å². The van der Waals surface area contributed by atoms with E-state index in [0.29, 0.717) is 12.3 Å². The van der Waals surface area contributed by atoms with Gasteiger partial charge in [-0.2, -0.15) is 0 Å². The van der Waals surface area contributed by atoms with E-state index >= 15 is 0 Å². The monoisotopic (exact) mass is 254 g/mol. The minimum Gasteiger partial charge on any atom is -0.496 e. The summed E-state index contributed by atoms with van der Waals surface area (Å²) in [7, 11) is 1.64. The second kappa shape index (κ2) is 4.87. The highest BCUT2D eigenvalue weighted by Crippen LogP contribution is 2.45. The van der Waals surface area contributed by atoms with Crippen molar-refractivity contribution in [2.45, 2.75) is 50.9 Å². The summed E-state index contributed by atoms with van der Waals surface area (Å²) in [6.07, 6.45) is 0.578. The van der Waals surface area contributed by atoms with Crippen molar-refractivity contribution in [1.82, 2.24) is 0 Å². The molecule has 0 aromatic heterocycles. The fraction of sp³-hybridized carbons (Fsp3) is 0.600. The number of rotatable bonds is 3. The van der Waals surface area contributed by atoms with E-state index in [1.807, 2.05) is 18.2 Å². The van der Waals surface area contributed by atoms with Crippen LogP contribution in [0.3, 0.4) is 0 Å². The molecule has 0 spiro atoms. The molecule has 0 radical (unpaired) electrons. The van der Waals surface area contributed by atoms with Gasteiger partial charge in [0, 0.05) is 12.8 Å². The van der Waals surface area contributed by atoms with Crippen molar-refractivity contribution in [2.75, 3.05) is 7.11 Å². The summed E-state index contributed by atoms with van der Waals surface area (Å²) in [6.45, 7) is 4.18. The largest absolute Gasteiger partial charge is 0.496 e. The van der Waals surface area contributed by atoms with E-state index in [-0.39, 0.29) is 18.8 Å². The number of methoxy groups -OCH3 is 1. The smallest absolute Gasteiger partial charge is 0.248 e. The quantitative estimate of drug-likeness (QED) is 0.758. The van der Waals surface area contributed by atoms with Crippen LogP contribution in [0.1, 0.15) is 56.1 Å². The summed E-state index contributed by atoms with van der Waals surface area (Å²) < 4.78 is 31.8. The maximum absolute atomic E-state index is 13.3. The van der Waals surface area contributed by atoms with Gasteiger partial charge in [-0.15, -0.1) is 0 Å². The Morgan fingerprint density at radius 3 is 2.56 bits per heavy atom. The van der Waals surface area contributed by atoms with Crippen molar-refractivity contribution in [2.24, 2.45) is 0 Å². The molecular formula is C15H20F2O. The van der Waals surface area contributed by atoms with Crippen LogP contribution < -0.4 is 4.74 Å². The van der Waals surface area contributed by atoms with Crippen LogP contribution in [0.15, 0.2) is 18.2 Å². The van der Waals surface area contributed by atoms with E-state index in [0.717, 1.165) is 16.9 Å². The summed E-state index contributed by atoms with van der Waals surface area (Å²) in [5.74, 6) is -1.31. The van der Waals surface area contributed by atoms with Gasteiger partial charge in [-0.3, -0.25) is 0 Å². The second-order valence-corrected chi connectivity index (χ2v) is 5.45. The molecule has 0 bridgehead atoms. The number of benzene rings is 1. The van der Waals surface area contributed by atoms with Crippen molar-refractivity contribution >= 4 is 0 Å². The molecule has 0 aliphatic heterocycles. The van der Waals surface area contributed by atoms with Gasteiger partial charge in [0.2, 0.25) is 5.92 Å². The highest BCUT2D eigenvalue weighted by molar-refractivity contribution is 5.40. The maximum atomic E-state index is 13.3. The Kier molecular flexibility index (Phi) is 3.60. The molecule has 1 nitrogen and oxygen atoms in total. The van der Waals surface area contributed by atoms with Crippen molar-refractivity contribution in [3.63, 3.8) is 0 Å². The van der Waals surface area contributed by atoms with Gasteiger partial charge in [0.05, 0.1) is 7.11 Å². The lowest BCUT2D eigenvalue weighted by Gasteiger charge is -2.17. The number of ether oxygens (including phenoxy) is 1. The van der Waals surface area contributed by atoms with Crippen LogP contribution in [0.2, 0.25) is 0 Å². The predicted octanol–water partition coefficient (Wildman–Crippen LogP) is 4.72. The summed E-state index contributed by atoms with van der Waals surface area (Å²) in [4.78, 5) is 0. The van der Waals surface area contributed by atoms with Crippen molar-refractivity contribution in [3.8, 4) is 5.75 Å². The van der Waals surface area contributed by atoms with Gasteiger partial charge in [-0.1, -0.05) is 26.0 Å². The van der Waals surface area contributed by atoms with Gasteiger partial charge >= 0.3 is 0 Å². The van der Waals surface area contributed by atoms with Crippen LogP contribution >= 0.6 is 0 Å². The first-order valence-corrected chi connectivity index (χ1v) is 6.48. The molecule has 1 aromatic rings. The zero-order chi connectivity index (χ0) is 13.3. The molecule has 0 saturated heterocycles. The lowest BCUT2D eigenvalue weighted by Crippen LogP contribution is -2.09. The summed E-state index contributed by atoms with van der Waals surface area (Å²) in [5, 5.41) is 0. The molecule has 0 heterocycles. The Morgan fingerprint density at radius 1 is 1.33 bits per heavy atom. The molecule has 1 aromatic carbocycles. The van der Waals surface area contributed by atoms with Gasteiger partial charge in [-0.25, -0.2) is 8.78 Å². The fourth-order valence-corrected chi connectivity index (χ4v) is 2.69. The Morgan fingerprint density at radius 2 is 2.06 bits per heavy atom. The zero-order valence-corrected chi connectivity index (χ0v) is 11.2. The Balaban J connectivity index is 2.27. The summed E-state index contributed by atoms with van der Waals surface area (Å²) >= 11 is 0. The van der Waals surface area contributed by atoms with Crippen molar-refractivity contribution in [1.29, 1.82) is 0 Å². The third-order valence-corrected chi connectivity index (χ3v) is 3.75. The van der Waals surface area contributed by atoms with Crippen molar-refractivity contribution in [3.05, 3.63) is 29.3 Å². The van der Waals surface area contributed by atoms with Crippen LogP contribution in [0.5, 0.6) is 5.75 Å². The van der Waals surface area contributed by atoms with Gasteiger partial charge < -0.3 is 4.74 Å². The standard InChI is InChI=1S/C15H20F2O/c1-10(2)13-8-11(4-5-14(13)18-3)12-6-7-15(16,17)9-12/h4-5,8,10,12H,6-7,9H2,1-3H3. The third-order valence-electron chi connectivity index (χ3n) is 3.75. The molecule has 100 valence electrons. The summed E-state index contributed by atoms with van der Waals surface area (Å²) in [5.41, 5.74) is 2.13. The van der Waals surface area contributed by atoms with E-state index in [1.165, 1.54) is 0 Å². The van der Waals surface area contributed by atoms with Crippen LogP contribution in [0.25, 0.3) is 0 Å². The molecule has 0 amide bonds. The molecule has 1 saturated carbocycles. The zero-order valence-electron chi connectivity index (χ0n) is 11.2. The molecule has 1 aliphatic carbocycles. The van der Waals surface area contributed by atoms with E-state index in [2.05, 4.69) is 13.8 Å². The van der Waals surface area contributed by atoms with Gasteiger partial charge in [0.1, 0.15) is 5.75 Å². The van der Waals surface area contributed by atoms with E-state index in [4.69, 9.17) is 4.74 Å². The van der Waals surface area contributed by atoms with Crippen molar-refractivity contribution < 1.29 is 13.5 Å². The minimum atomic E-state index is -2.48. The van der Waals surface area contributed by atoms with Gasteiger partial charge in [0.15, 0.2) is 0 Å². The fourth-order valence-electron chi connectivity index (χ4n) is 2.69. The number of hydrogen-bond donors (Lipinski definition) is 0. The van der Waals surface area contributed by atoms with Crippen LogP contribution in [-0.2, 0) is 0 Å². The minimum absolute atomic E-state index is 0.0107. The first-order chi connectivity index (χ1) is 8.43. The SMILES string of the molecule is COc1ccc(C2CCC(F)(F)C2)cc1C(C)C. The first kappa shape index (κ1) is 13.3. The van der Waals surface area contributed by atoms with Crippen LogP contribution in [-0.4, -0.2) is 13.0 Å². The summed E-state index contributed by atoms with van der Waals surface area (Å²) in [6, 6.07) is 5.87. The first-order valence-electron chi connectivity index (χ1n) is 6.48. The molecule has 3 heteroatoms. The number of halogens is 2. The van der Waals surface area contributed by atoms with E-state index in [1.54, 1.807) is 7.11 Å². The highest BCUT2D eigenvalue weighted by atomic mass is 19.3. The Hall–Kier alpha value is -1.12. The lowest BCUT2D eigenvalue weighted by molar-refractivity contribution is 0.00776. The molecule has 1 unspecified atom stereocenters. The number of hydrogen-bond acceptors (Lipinski definition) is 1. The molecule has 1 atom stereocenters. The molecular weight excluding hydrogens is 234 g/mol. The number of alkyl halides is 2. The molecule has 1 aliphatic rings. The predicted molar refractivity (Wildman–Crippen MR) is 68.6 cm³/mol. The second-order valence-electron chi connectivity index (χ2n) is 5.45. The average Bonchev–Trinajstić information content (AvgIpc) is 2.68. The Labute approximate surface area is 107 Å². The van der Waals surface area contributed by atoms with Gasteiger partial charge in [0.25, 0.3) is 0 Å². The average molecular weight is 254 g/mol. The normalized spacial score (nSPS) is 22.4. The Bertz CT molecular complexity index is 427. The highest BCUT2D eigenvalue weighted by Gasteiger charge is 2.40. The van der Waals surface area contributed by atoms with Crippen LogP contribution in [0.4, 0.5) is 8.78 Å². The lowest BCUT2D eigenvalue weighted by atomic mass is 9.92. The third kappa shape index (κ3) is 2.65. The molecule has 2 rings (SSSR count). The van der Waals surface area contributed by atoms with Crippen LogP contribution in [0, 0.1) is 0 Å². The molecule has 18 heavy (non-hydrogen) atoms. The molecule has 1 fully saturated rings. The topological polar surface area (TPSA) is 9.23 Å².